The van der Waals surface area contributed by atoms with Crippen molar-refractivity contribution in [2.75, 3.05) is 0 Å². The fourth-order valence-corrected chi connectivity index (χ4v) is 2.58. The molecule has 5 heteroatoms. The molecule has 0 bridgehead atoms. The van der Waals surface area contributed by atoms with Gasteiger partial charge in [-0.25, -0.2) is 4.99 Å². The Morgan fingerprint density at radius 3 is 3.00 bits per heavy atom. The van der Waals surface area contributed by atoms with Crippen molar-refractivity contribution in [2.24, 2.45) is 10.7 Å². The van der Waals surface area contributed by atoms with E-state index < -0.39 is 0 Å². The van der Waals surface area contributed by atoms with Crippen LogP contribution < -0.4 is 5.73 Å². The Morgan fingerprint density at radius 2 is 2.50 bits per heavy atom. The summed E-state index contributed by atoms with van der Waals surface area (Å²) >= 11 is 10.9. The molecule has 0 aliphatic heterocycles. The molecule has 66 valence electrons. The molecule has 1 atom stereocenters. The normalized spacial score (nSPS) is 13.9. The van der Waals surface area contributed by atoms with Crippen LogP contribution in [0.4, 0.5) is 5.69 Å². The Morgan fingerprint density at radius 1 is 1.83 bits per heavy atom. The highest BCUT2D eigenvalue weighted by Gasteiger charge is 2.11. The molecule has 1 aromatic heterocycles. The number of hydrogen-bond donors (Lipinski definition) is 1. The van der Waals surface area contributed by atoms with E-state index in [4.69, 9.17) is 17.3 Å². The molecule has 0 fully saturated rings. The van der Waals surface area contributed by atoms with E-state index in [2.05, 4.69) is 20.9 Å². The summed E-state index contributed by atoms with van der Waals surface area (Å²) in [6.07, 6.45) is 1.28. The molecule has 1 rings (SSSR count). The van der Waals surface area contributed by atoms with Crippen LogP contribution in [0.2, 0.25) is 0 Å². The van der Waals surface area contributed by atoms with Crippen LogP contribution in [-0.4, -0.2) is 6.34 Å². The molecule has 0 radical (unpaired) electrons. The van der Waals surface area contributed by atoms with Crippen LogP contribution in [0, 0.1) is 0 Å². The molecule has 12 heavy (non-hydrogen) atoms. The van der Waals surface area contributed by atoms with Crippen molar-refractivity contribution >= 4 is 50.9 Å². The standard InChI is InChI=1S/C7H8BrClN2S/c1-4(9)7-5(11-3-10)2-6(8)12-7/h2-4H,1H3,(H2,10,11). The van der Waals surface area contributed by atoms with Gasteiger partial charge >= 0.3 is 0 Å². The highest BCUT2D eigenvalue weighted by Crippen LogP contribution is 2.39. The predicted molar refractivity (Wildman–Crippen MR) is 58.6 cm³/mol. The van der Waals surface area contributed by atoms with Gasteiger partial charge in [0.05, 0.1) is 21.2 Å². The number of nitrogens with zero attached hydrogens (tertiary/aromatic N) is 1. The number of alkyl halides is 1. The van der Waals surface area contributed by atoms with Gasteiger partial charge in [0, 0.05) is 4.88 Å². The molecule has 1 unspecified atom stereocenters. The van der Waals surface area contributed by atoms with E-state index in [1.165, 1.54) is 6.34 Å². The maximum atomic E-state index is 5.93. The molecule has 1 heterocycles. The van der Waals surface area contributed by atoms with Crippen LogP contribution >= 0.6 is 38.9 Å². The van der Waals surface area contributed by atoms with Crippen LogP contribution in [0.15, 0.2) is 14.8 Å². The summed E-state index contributed by atoms with van der Waals surface area (Å²) in [5, 5.41) is -0.0278. The quantitative estimate of drug-likeness (QED) is 0.498. The van der Waals surface area contributed by atoms with Gasteiger partial charge in [0.25, 0.3) is 0 Å². The van der Waals surface area contributed by atoms with Crippen LogP contribution in [0.25, 0.3) is 0 Å². The van der Waals surface area contributed by atoms with Crippen molar-refractivity contribution in [2.45, 2.75) is 12.3 Å². The predicted octanol–water partition coefficient (Wildman–Crippen LogP) is 3.43. The van der Waals surface area contributed by atoms with E-state index >= 15 is 0 Å². The van der Waals surface area contributed by atoms with Crippen LogP contribution in [0.1, 0.15) is 17.2 Å². The minimum atomic E-state index is -0.0278. The highest BCUT2D eigenvalue weighted by molar-refractivity contribution is 9.11. The first-order valence-corrected chi connectivity index (χ1v) is 5.37. The zero-order valence-electron chi connectivity index (χ0n) is 6.42. The van der Waals surface area contributed by atoms with Gasteiger partial charge in [-0.2, -0.15) is 0 Å². The largest absolute Gasteiger partial charge is 0.390 e. The Bertz CT molecular complexity index is 296. The molecule has 0 saturated carbocycles. The third-order valence-corrected chi connectivity index (χ3v) is 3.44. The summed E-state index contributed by atoms with van der Waals surface area (Å²) in [6, 6.07) is 1.90. The van der Waals surface area contributed by atoms with E-state index in [1.54, 1.807) is 11.3 Å². The minimum Gasteiger partial charge on any atom is -0.390 e. The Labute approximate surface area is 88.6 Å². The lowest BCUT2D eigenvalue weighted by molar-refractivity contribution is 1.12. The van der Waals surface area contributed by atoms with Gasteiger partial charge in [-0.1, -0.05) is 0 Å². The van der Waals surface area contributed by atoms with Gasteiger partial charge in [-0.15, -0.1) is 22.9 Å². The summed E-state index contributed by atoms with van der Waals surface area (Å²) < 4.78 is 1.02. The maximum Gasteiger partial charge on any atom is 0.0860 e. The van der Waals surface area contributed by atoms with Crippen LogP contribution in [0.5, 0.6) is 0 Å². The summed E-state index contributed by atoms with van der Waals surface area (Å²) in [7, 11) is 0. The summed E-state index contributed by atoms with van der Waals surface area (Å²) in [5.74, 6) is 0. The van der Waals surface area contributed by atoms with Crippen LogP contribution in [0.3, 0.4) is 0 Å². The van der Waals surface area contributed by atoms with Crippen molar-refractivity contribution in [3.8, 4) is 0 Å². The van der Waals surface area contributed by atoms with Crippen molar-refractivity contribution in [1.82, 2.24) is 0 Å². The number of nitrogens with two attached hydrogens (primary N) is 1. The molecular formula is C7H8BrClN2S. The van der Waals surface area contributed by atoms with Crippen molar-refractivity contribution in [3.05, 3.63) is 14.7 Å². The summed E-state index contributed by atoms with van der Waals surface area (Å²) in [6.45, 7) is 1.91. The molecule has 1 aromatic rings. The topological polar surface area (TPSA) is 38.4 Å². The third-order valence-electron chi connectivity index (χ3n) is 1.29. The highest BCUT2D eigenvalue weighted by atomic mass is 79.9. The van der Waals surface area contributed by atoms with Gasteiger partial charge in [0.2, 0.25) is 0 Å². The molecule has 2 nitrogen and oxygen atoms in total. The van der Waals surface area contributed by atoms with Gasteiger partial charge < -0.3 is 5.73 Å². The lowest BCUT2D eigenvalue weighted by Gasteiger charge is -1.98. The fourth-order valence-electron chi connectivity index (χ4n) is 0.832. The third kappa shape index (κ3) is 2.21. The molecule has 0 aliphatic carbocycles. The van der Waals surface area contributed by atoms with Crippen molar-refractivity contribution in [3.63, 3.8) is 0 Å². The fraction of sp³-hybridized carbons (Fsp3) is 0.286. The second-order valence-corrected chi connectivity index (χ2v) is 5.31. The number of thiophene rings is 1. The molecule has 0 spiro atoms. The molecule has 0 aliphatic rings. The van der Waals surface area contributed by atoms with Gasteiger partial charge in [-0.3, -0.25) is 0 Å². The maximum absolute atomic E-state index is 5.93. The Balaban J connectivity index is 3.08. The number of hydrogen-bond acceptors (Lipinski definition) is 2. The number of rotatable bonds is 2. The molecular weight excluding hydrogens is 260 g/mol. The molecule has 0 amide bonds. The minimum absolute atomic E-state index is 0.0278. The van der Waals surface area contributed by atoms with Gasteiger partial charge in [-0.05, 0) is 28.9 Å². The van der Waals surface area contributed by atoms with E-state index in [1.807, 2.05) is 13.0 Å². The van der Waals surface area contributed by atoms with Crippen molar-refractivity contribution < 1.29 is 0 Å². The van der Waals surface area contributed by atoms with Crippen LogP contribution in [-0.2, 0) is 0 Å². The van der Waals surface area contributed by atoms with E-state index in [0.717, 1.165) is 14.4 Å². The number of aliphatic imine (C=N–C) groups is 1. The van der Waals surface area contributed by atoms with E-state index in [0.29, 0.717) is 0 Å². The second kappa shape index (κ2) is 4.25. The zero-order chi connectivity index (χ0) is 9.14. The van der Waals surface area contributed by atoms with E-state index in [-0.39, 0.29) is 5.38 Å². The summed E-state index contributed by atoms with van der Waals surface area (Å²) in [4.78, 5) is 5.03. The Kier molecular flexibility index (Phi) is 3.55. The van der Waals surface area contributed by atoms with Crippen molar-refractivity contribution in [1.29, 1.82) is 0 Å². The summed E-state index contributed by atoms with van der Waals surface area (Å²) in [5.41, 5.74) is 6.04. The Hall–Kier alpha value is -0.0600. The molecule has 0 saturated heterocycles. The molecule has 0 aromatic carbocycles. The zero-order valence-corrected chi connectivity index (χ0v) is 9.58. The smallest absolute Gasteiger partial charge is 0.0860 e. The number of halogens is 2. The van der Waals surface area contributed by atoms with E-state index in [9.17, 15) is 0 Å². The second-order valence-electron chi connectivity index (χ2n) is 2.19. The van der Waals surface area contributed by atoms with Gasteiger partial charge in [0.15, 0.2) is 0 Å². The SMILES string of the molecule is CC(Cl)c1sc(Br)cc1N=CN. The first kappa shape index (κ1) is 10.0. The van der Waals surface area contributed by atoms with Gasteiger partial charge in [0.1, 0.15) is 0 Å². The lowest BCUT2D eigenvalue weighted by atomic mass is 10.3. The lowest BCUT2D eigenvalue weighted by Crippen LogP contribution is -1.87. The monoisotopic (exact) mass is 266 g/mol. The first-order chi connectivity index (χ1) is 5.65. The average molecular weight is 268 g/mol. The first-order valence-electron chi connectivity index (χ1n) is 3.32. The molecule has 2 N–H and O–H groups in total. The average Bonchev–Trinajstić information content (AvgIpc) is 2.32.